The molecule has 0 fully saturated rings. The van der Waals surface area contributed by atoms with E-state index in [4.69, 9.17) is 15.2 Å². The van der Waals surface area contributed by atoms with E-state index in [-0.39, 0.29) is 23.9 Å². The number of amides is 1. The number of H-pyrrole nitrogens is 1. The van der Waals surface area contributed by atoms with Crippen LogP contribution in [0.15, 0.2) is 97.3 Å². The van der Waals surface area contributed by atoms with Gasteiger partial charge >= 0.3 is 12.2 Å². The Kier molecular flexibility index (Phi) is 14.3. The first-order valence-electron chi connectivity index (χ1n) is 17.6. The zero-order valence-electron chi connectivity index (χ0n) is 32.7. The van der Waals surface area contributed by atoms with Crippen molar-refractivity contribution in [3.05, 3.63) is 143 Å². The van der Waals surface area contributed by atoms with Gasteiger partial charge in [0.1, 0.15) is 34.5 Å². The number of hydrogen-bond acceptors (Lipinski definition) is 7. The summed E-state index contributed by atoms with van der Waals surface area (Å²) in [5.41, 5.74) is 8.50. The number of carbonyl (C=O) groups is 2. The molecule has 15 heteroatoms. The molecule has 4 N–H and O–H groups in total. The molecule has 0 bridgehead atoms. The second-order valence-corrected chi connectivity index (χ2v) is 14.6. The normalized spacial score (nSPS) is 10.7. The summed E-state index contributed by atoms with van der Waals surface area (Å²) in [6, 6.07) is 20.4. The summed E-state index contributed by atoms with van der Waals surface area (Å²) >= 11 is 0. The number of ether oxygens (including phenoxy) is 2. The van der Waals surface area contributed by atoms with E-state index in [1.807, 2.05) is 24.3 Å². The summed E-state index contributed by atoms with van der Waals surface area (Å²) in [5.74, 6) is 8.75. The number of aromatic nitrogens is 4. The van der Waals surface area contributed by atoms with E-state index in [9.17, 15) is 27.2 Å². The molecule has 6 rings (SSSR count). The number of anilines is 2. The van der Waals surface area contributed by atoms with Gasteiger partial charge in [-0.2, -0.15) is 0 Å². The lowest BCUT2D eigenvalue weighted by molar-refractivity contribution is 0.0542. The van der Waals surface area contributed by atoms with Gasteiger partial charge < -0.3 is 20.2 Å². The molecule has 59 heavy (non-hydrogen) atoms. The Balaban J connectivity index is 0.000000285. The third kappa shape index (κ3) is 13.6. The third-order valence-electron chi connectivity index (χ3n) is 7.35. The fraction of sp³-hybridized carbons (Fsp3) is 0.182. The molecule has 4 aromatic carbocycles. The van der Waals surface area contributed by atoms with Gasteiger partial charge in [0, 0.05) is 39.9 Å². The Labute approximate surface area is 344 Å². The van der Waals surface area contributed by atoms with Gasteiger partial charge in [0.2, 0.25) is 5.95 Å². The smallest absolute Gasteiger partial charge is 0.421 e. The highest BCUT2D eigenvalue weighted by Crippen LogP contribution is 2.26. The highest BCUT2D eigenvalue weighted by atomic mass is 35.5. The topological polar surface area (TPSA) is 137 Å². The number of hydrogen-bond donors (Lipinski definition) is 3. The molecule has 6 aromatic rings. The number of aromatic amines is 1. The molecule has 0 aliphatic heterocycles. The van der Waals surface area contributed by atoms with Crippen molar-refractivity contribution in [2.75, 3.05) is 11.1 Å². The number of nitrogens with zero attached hydrogens (tertiary/aromatic N) is 3. The Hall–Kier alpha value is -7.03. The number of carbonyl (C=O) groups excluding carboxylic acids is 2. The van der Waals surface area contributed by atoms with Crippen molar-refractivity contribution < 1.29 is 36.6 Å². The van der Waals surface area contributed by atoms with Crippen LogP contribution in [0.25, 0.3) is 22.5 Å². The average molecular weight is 827 g/mol. The molecular weight excluding hydrogens is 788 g/mol. The van der Waals surface area contributed by atoms with Gasteiger partial charge in [0.05, 0.1) is 23.8 Å². The monoisotopic (exact) mass is 826 g/mol. The summed E-state index contributed by atoms with van der Waals surface area (Å²) in [5, 5.41) is 2.49. The predicted molar refractivity (Wildman–Crippen MR) is 220 cm³/mol. The number of nitrogen functional groups attached to an aromatic ring is 1. The number of benzene rings is 4. The zero-order chi connectivity index (χ0) is 42.2. The number of nitrogens with one attached hydrogen (secondary N) is 2. The van der Waals surface area contributed by atoms with Crippen molar-refractivity contribution >= 4 is 36.5 Å². The molecule has 0 aliphatic carbocycles. The van der Waals surface area contributed by atoms with Crippen LogP contribution in [0.1, 0.15) is 63.8 Å². The predicted octanol–water partition coefficient (Wildman–Crippen LogP) is 10.1. The molecule has 2 aromatic heterocycles. The summed E-state index contributed by atoms with van der Waals surface area (Å²) in [6.45, 7) is 10.3. The lowest BCUT2D eigenvalue weighted by Gasteiger charge is -2.22. The van der Waals surface area contributed by atoms with E-state index >= 15 is 0 Å². The number of nitrogens with two attached hydrogens (primary N) is 1. The minimum absolute atomic E-state index is 0. The molecule has 0 unspecified atom stereocenters. The van der Waals surface area contributed by atoms with E-state index in [2.05, 4.69) is 44.0 Å². The van der Waals surface area contributed by atoms with Crippen LogP contribution in [-0.2, 0) is 9.47 Å². The Morgan fingerprint density at radius 1 is 0.644 bits per heavy atom. The molecule has 0 atom stereocenters. The van der Waals surface area contributed by atoms with Crippen LogP contribution in [-0.4, -0.2) is 42.9 Å². The second kappa shape index (κ2) is 18.9. The number of rotatable bonds is 3. The standard InChI is InChI=1S/C27H27F2N3O4.C17H11F2N3.ClH/c1-26(2,3)35-24(33)31-23-30-16-22(32(23)25(34)36-27(4,5)6)19-11-9-17(10-12-19)7-8-18-13-20(28)15-21(29)14-18;18-14-7-12(8-15(19)9-14)2-1-11-3-5-13(6-4-11)16-10-21-17(20)22-16;/h9-16H,1-6H3,(H,30,31,33);3-10H,(H3,20,21,22);1H. The molecule has 304 valence electrons. The number of halogens is 5. The zero-order valence-corrected chi connectivity index (χ0v) is 33.5. The SMILES string of the molecule is CC(C)(C)OC(=O)Nc1ncc(-c2ccc(C#Cc3cc(F)cc(F)c3)cc2)n1C(=O)OC(C)(C)C.Cl.Nc1ncc(-c2ccc(C#Cc3cc(F)cc(F)c3)cc2)[nH]1. The number of imidazole rings is 2. The van der Waals surface area contributed by atoms with Crippen LogP contribution in [0.3, 0.4) is 0 Å². The van der Waals surface area contributed by atoms with Crippen LogP contribution in [0, 0.1) is 47.0 Å². The maximum Gasteiger partial charge on any atom is 0.421 e. The van der Waals surface area contributed by atoms with E-state index in [0.717, 1.165) is 45.7 Å². The van der Waals surface area contributed by atoms with Crippen molar-refractivity contribution in [1.29, 1.82) is 0 Å². The average Bonchev–Trinajstić information content (AvgIpc) is 3.74. The van der Waals surface area contributed by atoms with Crippen molar-refractivity contribution in [1.82, 2.24) is 19.5 Å². The van der Waals surface area contributed by atoms with Crippen LogP contribution >= 0.6 is 12.4 Å². The highest BCUT2D eigenvalue weighted by Gasteiger charge is 2.26. The first-order chi connectivity index (χ1) is 27.3. The second-order valence-electron chi connectivity index (χ2n) is 14.6. The first-order valence-corrected chi connectivity index (χ1v) is 17.6. The molecule has 0 saturated heterocycles. The van der Waals surface area contributed by atoms with Crippen LogP contribution in [0.4, 0.5) is 39.0 Å². The molecule has 0 spiro atoms. The molecule has 10 nitrogen and oxygen atoms in total. The molecule has 0 radical (unpaired) electrons. The first kappa shape index (κ1) is 44.7. The maximum atomic E-state index is 13.4. The van der Waals surface area contributed by atoms with Gasteiger partial charge in [0.15, 0.2) is 5.95 Å². The Morgan fingerprint density at radius 3 is 1.51 bits per heavy atom. The fourth-order valence-electron chi connectivity index (χ4n) is 5.01. The molecule has 1 amide bonds. The van der Waals surface area contributed by atoms with Crippen LogP contribution in [0.2, 0.25) is 0 Å². The quantitative estimate of drug-likeness (QED) is 0.119. The van der Waals surface area contributed by atoms with Gasteiger partial charge in [-0.15, -0.1) is 12.4 Å². The van der Waals surface area contributed by atoms with Crippen molar-refractivity contribution in [2.45, 2.75) is 52.7 Å². The van der Waals surface area contributed by atoms with E-state index in [0.29, 0.717) is 28.3 Å². The van der Waals surface area contributed by atoms with Gasteiger partial charge in [-0.05, 0) is 95.6 Å². The van der Waals surface area contributed by atoms with Gasteiger partial charge in [-0.3, -0.25) is 5.32 Å². The molecule has 2 heterocycles. The lowest BCUT2D eigenvalue weighted by atomic mass is 10.1. The summed E-state index contributed by atoms with van der Waals surface area (Å²) in [7, 11) is 0. The minimum Gasteiger partial charge on any atom is -0.444 e. The lowest BCUT2D eigenvalue weighted by Crippen LogP contribution is -2.31. The summed E-state index contributed by atoms with van der Waals surface area (Å²) in [4.78, 5) is 36.4. The van der Waals surface area contributed by atoms with E-state index < -0.39 is 46.7 Å². The van der Waals surface area contributed by atoms with Crippen molar-refractivity contribution in [2.24, 2.45) is 0 Å². The highest BCUT2D eigenvalue weighted by molar-refractivity contribution is 5.89. The Bertz CT molecular complexity index is 2530. The molecule has 0 aliphatic rings. The molecule has 0 saturated carbocycles. The van der Waals surface area contributed by atoms with Crippen LogP contribution < -0.4 is 11.1 Å². The van der Waals surface area contributed by atoms with Gasteiger partial charge in [0.25, 0.3) is 0 Å². The summed E-state index contributed by atoms with van der Waals surface area (Å²) < 4.78 is 64.8. The third-order valence-corrected chi connectivity index (χ3v) is 7.35. The van der Waals surface area contributed by atoms with Crippen LogP contribution in [0.5, 0.6) is 0 Å². The largest absolute Gasteiger partial charge is 0.444 e. The minimum atomic E-state index is -0.794. The Morgan fingerprint density at radius 2 is 1.08 bits per heavy atom. The van der Waals surface area contributed by atoms with E-state index in [1.54, 1.807) is 72.0 Å². The van der Waals surface area contributed by atoms with Crippen molar-refractivity contribution in [3.8, 4) is 46.2 Å². The van der Waals surface area contributed by atoms with Gasteiger partial charge in [-0.1, -0.05) is 47.9 Å². The summed E-state index contributed by atoms with van der Waals surface area (Å²) in [6.07, 6.45) is 1.56. The maximum absolute atomic E-state index is 13.4. The van der Waals surface area contributed by atoms with Gasteiger partial charge in [-0.25, -0.2) is 41.7 Å². The van der Waals surface area contributed by atoms with Crippen molar-refractivity contribution in [3.63, 3.8) is 0 Å². The fourth-order valence-corrected chi connectivity index (χ4v) is 5.01. The van der Waals surface area contributed by atoms with E-state index in [1.165, 1.54) is 18.3 Å². The molecular formula is C44H39ClF4N6O4.